The second-order valence-electron chi connectivity index (χ2n) is 3.80. The van der Waals surface area contributed by atoms with E-state index in [0.29, 0.717) is 36.4 Å². The van der Waals surface area contributed by atoms with Crippen molar-refractivity contribution in [2.24, 2.45) is 0 Å². The molecule has 1 aromatic carbocycles. The summed E-state index contributed by atoms with van der Waals surface area (Å²) in [6.45, 7) is 6.75. The SMILES string of the molecule is CCOc1ccc(-c2nnc(C)nn2)cc1OCC. The van der Waals surface area contributed by atoms with Gasteiger partial charge in [0.1, 0.15) is 0 Å². The molecule has 0 saturated carbocycles. The zero-order chi connectivity index (χ0) is 13.7. The van der Waals surface area contributed by atoms with Crippen molar-refractivity contribution in [1.82, 2.24) is 20.4 Å². The highest BCUT2D eigenvalue weighted by Gasteiger charge is 2.09. The molecule has 0 spiro atoms. The molecule has 2 aromatic rings. The smallest absolute Gasteiger partial charge is 0.203 e. The van der Waals surface area contributed by atoms with Crippen LogP contribution in [-0.2, 0) is 0 Å². The highest BCUT2D eigenvalue weighted by Crippen LogP contribution is 2.31. The standard InChI is InChI=1S/C13H16N4O2/c1-4-18-11-7-6-10(8-12(11)19-5-2)13-16-14-9(3)15-17-13/h6-8H,4-5H2,1-3H3. The van der Waals surface area contributed by atoms with Crippen LogP contribution in [0.25, 0.3) is 11.4 Å². The molecule has 0 amide bonds. The zero-order valence-electron chi connectivity index (χ0n) is 11.3. The summed E-state index contributed by atoms with van der Waals surface area (Å²) < 4.78 is 11.1. The molecule has 0 fully saturated rings. The van der Waals surface area contributed by atoms with Crippen LogP contribution in [0.2, 0.25) is 0 Å². The van der Waals surface area contributed by atoms with Crippen LogP contribution >= 0.6 is 0 Å². The van der Waals surface area contributed by atoms with Crippen LogP contribution in [0.5, 0.6) is 11.5 Å². The molecule has 0 unspecified atom stereocenters. The highest BCUT2D eigenvalue weighted by atomic mass is 16.5. The molecule has 0 bridgehead atoms. The third-order valence-electron chi connectivity index (χ3n) is 2.38. The van der Waals surface area contributed by atoms with Crippen molar-refractivity contribution in [1.29, 1.82) is 0 Å². The first-order chi connectivity index (χ1) is 9.24. The van der Waals surface area contributed by atoms with Gasteiger partial charge in [-0.25, -0.2) is 0 Å². The van der Waals surface area contributed by atoms with Crippen molar-refractivity contribution >= 4 is 0 Å². The average molecular weight is 260 g/mol. The summed E-state index contributed by atoms with van der Waals surface area (Å²) in [5.74, 6) is 2.39. The monoisotopic (exact) mass is 260 g/mol. The van der Waals surface area contributed by atoms with E-state index in [9.17, 15) is 0 Å². The van der Waals surface area contributed by atoms with E-state index < -0.39 is 0 Å². The number of nitrogens with zero attached hydrogens (tertiary/aromatic N) is 4. The molecule has 1 aromatic heterocycles. The molecule has 0 aliphatic rings. The first-order valence-corrected chi connectivity index (χ1v) is 6.18. The molecule has 6 nitrogen and oxygen atoms in total. The van der Waals surface area contributed by atoms with E-state index in [2.05, 4.69) is 20.4 Å². The quantitative estimate of drug-likeness (QED) is 0.819. The third kappa shape index (κ3) is 3.15. The van der Waals surface area contributed by atoms with Gasteiger partial charge in [0.25, 0.3) is 0 Å². The van der Waals surface area contributed by atoms with E-state index in [1.54, 1.807) is 6.92 Å². The van der Waals surface area contributed by atoms with Crippen molar-refractivity contribution in [3.8, 4) is 22.9 Å². The molecule has 6 heteroatoms. The second kappa shape index (κ2) is 6.08. The van der Waals surface area contributed by atoms with Crippen molar-refractivity contribution in [2.45, 2.75) is 20.8 Å². The van der Waals surface area contributed by atoms with E-state index in [0.717, 1.165) is 5.56 Å². The lowest BCUT2D eigenvalue weighted by molar-refractivity contribution is 0.288. The minimum atomic E-state index is 0.467. The van der Waals surface area contributed by atoms with Crippen molar-refractivity contribution in [3.63, 3.8) is 0 Å². The molecular formula is C13H16N4O2. The second-order valence-corrected chi connectivity index (χ2v) is 3.80. The summed E-state index contributed by atoms with van der Waals surface area (Å²) >= 11 is 0. The Labute approximate surface area is 111 Å². The minimum absolute atomic E-state index is 0.467. The van der Waals surface area contributed by atoms with Crippen LogP contribution in [0.4, 0.5) is 0 Å². The molecular weight excluding hydrogens is 244 g/mol. The predicted octanol–water partition coefficient (Wildman–Crippen LogP) is 2.04. The first kappa shape index (κ1) is 13.2. The molecule has 0 aliphatic heterocycles. The first-order valence-electron chi connectivity index (χ1n) is 6.18. The van der Waals surface area contributed by atoms with Crippen LogP contribution in [0.15, 0.2) is 18.2 Å². The number of rotatable bonds is 5. The van der Waals surface area contributed by atoms with Gasteiger partial charge in [0, 0.05) is 5.56 Å². The van der Waals surface area contributed by atoms with Gasteiger partial charge in [-0.15, -0.1) is 20.4 Å². The van der Waals surface area contributed by atoms with Gasteiger partial charge < -0.3 is 9.47 Å². The lowest BCUT2D eigenvalue weighted by atomic mass is 10.2. The maximum Gasteiger partial charge on any atom is 0.203 e. The fraction of sp³-hybridized carbons (Fsp3) is 0.385. The summed E-state index contributed by atoms with van der Waals surface area (Å²) in [6, 6.07) is 5.54. The number of hydrogen-bond donors (Lipinski definition) is 0. The van der Waals surface area contributed by atoms with Gasteiger partial charge in [-0.05, 0) is 39.0 Å². The maximum atomic E-state index is 5.55. The summed E-state index contributed by atoms with van der Waals surface area (Å²) in [6.07, 6.45) is 0. The van der Waals surface area contributed by atoms with E-state index in [-0.39, 0.29) is 0 Å². The van der Waals surface area contributed by atoms with Gasteiger partial charge in [-0.1, -0.05) is 0 Å². The Kier molecular flexibility index (Phi) is 4.22. The summed E-state index contributed by atoms with van der Waals surface area (Å²) in [5.41, 5.74) is 0.798. The molecule has 1 heterocycles. The van der Waals surface area contributed by atoms with Crippen molar-refractivity contribution in [2.75, 3.05) is 13.2 Å². The summed E-state index contributed by atoms with van der Waals surface area (Å²) in [4.78, 5) is 0. The van der Waals surface area contributed by atoms with Gasteiger partial charge in [0.15, 0.2) is 17.3 Å². The predicted molar refractivity (Wildman–Crippen MR) is 70.1 cm³/mol. The number of aryl methyl sites for hydroxylation is 1. The largest absolute Gasteiger partial charge is 0.490 e. The lowest BCUT2D eigenvalue weighted by Crippen LogP contribution is -2.01. The van der Waals surface area contributed by atoms with Gasteiger partial charge in [-0.2, -0.15) is 0 Å². The fourth-order valence-corrected chi connectivity index (χ4v) is 1.59. The lowest BCUT2D eigenvalue weighted by Gasteiger charge is -2.11. The Morgan fingerprint density at radius 3 is 2.16 bits per heavy atom. The summed E-state index contributed by atoms with van der Waals surface area (Å²) in [7, 11) is 0. The number of ether oxygens (including phenoxy) is 2. The average Bonchev–Trinajstić information content (AvgIpc) is 2.42. The highest BCUT2D eigenvalue weighted by molar-refractivity contribution is 5.60. The number of hydrogen-bond acceptors (Lipinski definition) is 6. The van der Waals surface area contributed by atoms with Crippen LogP contribution in [0.3, 0.4) is 0 Å². The van der Waals surface area contributed by atoms with Crippen LogP contribution in [0.1, 0.15) is 19.7 Å². The Hall–Kier alpha value is -2.24. The van der Waals surface area contributed by atoms with E-state index in [1.165, 1.54) is 0 Å². The van der Waals surface area contributed by atoms with Crippen LogP contribution < -0.4 is 9.47 Å². The van der Waals surface area contributed by atoms with Gasteiger partial charge >= 0.3 is 0 Å². The fourth-order valence-electron chi connectivity index (χ4n) is 1.59. The van der Waals surface area contributed by atoms with Crippen molar-refractivity contribution in [3.05, 3.63) is 24.0 Å². The molecule has 0 radical (unpaired) electrons. The van der Waals surface area contributed by atoms with Gasteiger partial charge in [0.2, 0.25) is 5.82 Å². The van der Waals surface area contributed by atoms with Crippen LogP contribution in [-0.4, -0.2) is 33.6 Å². The molecule has 19 heavy (non-hydrogen) atoms. The normalized spacial score (nSPS) is 10.3. The third-order valence-corrected chi connectivity index (χ3v) is 2.38. The Balaban J connectivity index is 2.36. The number of benzene rings is 1. The molecule has 0 atom stereocenters. The molecule has 0 saturated heterocycles. The molecule has 0 aliphatic carbocycles. The van der Waals surface area contributed by atoms with Crippen molar-refractivity contribution < 1.29 is 9.47 Å². The van der Waals surface area contributed by atoms with Crippen LogP contribution in [0, 0.1) is 6.92 Å². The number of aromatic nitrogens is 4. The van der Waals surface area contributed by atoms with Gasteiger partial charge in [0.05, 0.1) is 13.2 Å². The minimum Gasteiger partial charge on any atom is -0.490 e. The summed E-state index contributed by atoms with van der Waals surface area (Å²) in [5, 5.41) is 15.8. The molecule has 0 N–H and O–H groups in total. The maximum absolute atomic E-state index is 5.55. The zero-order valence-corrected chi connectivity index (χ0v) is 11.3. The van der Waals surface area contributed by atoms with Gasteiger partial charge in [-0.3, -0.25) is 0 Å². The van der Waals surface area contributed by atoms with E-state index in [1.807, 2.05) is 32.0 Å². The van der Waals surface area contributed by atoms with E-state index >= 15 is 0 Å². The Morgan fingerprint density at radius 2 is 1.53 bits per heavy atom. The molecule has 100 valence electrons. The molecule has 2 rings (SSSR count). The Morgan fingerprint density at radius 1 is 0.895 bits per heavy atom. The topological polar surface area (TPSA) is 70.0 Å². The Bertz CT molecular complexity index is 543. The van der Waals surface area contributed by atoms with E-state index in [4.69, 9.17) is 9.47 Å².